The first-order valence-corrected chi connectivity index (χ1v) is 8.84. The van der Waals surface area contributed by atoms with Crippen molar-refractivity contribution >= 4 is 29.1 Å². The molecule has 0 aromatic heterocycles. The molecule has 4 nitrogen and oxygen atoms in total. The number of hydrazone groups is 1. The third-order valence-corrected chi connectivity index (χ3v) is 4.25. The molecular weight excluding hydrogens is 334 g/mol. The Kier molecular flexibility index (Phi) is 4.79. The Morgan fingerprint density at radius 3 is 2.11 bits per heavy atom. The van der Waals surface area contributed by atoms with Gasteiger partial charge in [-0.25, -0.2) is 5.01 Å². The number of anilines is 2. The normalized spacial score (nSPS) is 14.2. The van der Waals surface area contributed by atoms with Crippen molar-refractivity contribution < 1.29 is 4.79 Å². The van der Waals surface area contributed by atoms with E-state index < -0.39 is 0 Å². The molecule has 1 aliphatic rings. The molecule has 1 amide bonds. The van der Waals surface area contributed by atoms with E-state index in [4.69, 9.17) is 0 Å². The average molecular weight is 353 g/mol. The second kappa shape index (κ2) is 7.70. The number of benzene rings is 3. The van der Waals surface area contributed by atoms with Gasteiger partial charge >= 0.3 is 0 Å². The lowest BCUT2D eigenvalue weighted by Crippen LogP contribution is -2.19. The van der Waals surface area contributed by atoms with E-state index in [2.05, 4.69) is 10.4 Å². The largest absolute Gasteiger partial charge is 0.354 e. The van der Waals surface area contributed by atoms with Gasteiger partial charge in [0, 0.05) is 5.69 Å². The molecule has 0 saturated heterocycles. The summed E-state index contributed by atoms with van der Waals surface area (Å²) in [5.74, 6) is -0.0370. The molecule has 27 heavy (non-hydrogen) atoms. The van der Waals surface area contributed by atoms with Gasteiger partial charge in [-0.15, -0.1) is 0 Å². The number of carbonyl (C=O) groups is 1. The summed E-state index contributed by atoms with van der Waals surface area (Å²) in [4.78, 5) is 12.6. The molecule has 0 aliphatic carbocycles. The second-order valence-electron chi connectivity index (χ2n) is 6.22. The molecular formula is C23H19N3O. The lowest BCUT2D eigenvalue weighted by Gasteiger charge is -2.12. The highest BCUT2D eigenvalue weighted by Crippen LogP contribution is 2.24. The quantitative estimate of drug-likeness (QED) is 0.707. The van der Waals surface area contributed by atoms with Crippen LogP contribution in [0.5, 0.6) is 0 Å². The lowest BCUT2D eigenvalue weighted by atomic mass is 10.1. The minimum Gasteiger partial charge on any atom is -0.354 e. The fraction of sp³-hybridized carbons (Fsp3) is 0.0435. The minimum atomic E-state index is -0.0370. The van der Waals surface area contributed by atoms with Gasteiger partial charge < -0.3 is 5.32 Å². The summed E-state index contributed by atoms with van der Waals surface area (Å²) in [7, 11) is 0. The number of hydrogen-bond acceptors (Lipinski definition) is 3. The number of rotatable bonds is 5. The highest BCUT2D eigenvalue weighted by Gasteiger charge is 2.27. The molecule has 0 fully saturated rings. The number of carbonyl (C=O) groups excluding carboxylic acids is 1. The van der Waals surface area contributed by atoms with Crippen molar-refractivity contribution in [2.45, 2.75) is 6.42 Å². The van der Waals surface area contributed by atoms with Crippen LogP contribution in [0.4, 0.5) is 11.4 Å². The van der Waals surface area contributed by atoms with Crippen LogP contribution < -0.4 is 10.3 Å². The fourth-order valence-electron chi connectivity index (χ4n) is 2.93. The molecule has 0 saturated carbocycles. The van der Waals surface area contributed by atoms with Crippen LogP contribution >= 0.6 is 0 Å². The van der Waals surface area contributed by atoms with E-state index in [1.54, 1.807) is 0 Å². The second-order valence-corrected chi connectivity index (χ2v) is 6.22. The van der Waals surface area contributed by atoms with Gasteiger partial charge in [0.15, 0.2) is 0 Å². The summed E-state index contributed by atoms with van der Waals surface area (Å²) in [5.41, 5.74) is 4.31. The van der Waals surface area contributed by atoms with Gasteiger partial charge in [0.05, 0.1) is 23.5 Å². The highest BCUT2D eigenvalue weighted by atomic mass is 16.2. The van der Waals surface area contributed by atoms with E-state index in [1.165, 1.54) is 5.01 Å². The Morgan fingerprint density at radius 2 is 1.44 bits per heavy atom. The molecule has 132 valence electrons. The zero-order valence-electron chi connectivity index (χ0n) is 14.7. The van der Waals surface area contributed by atoms with Gasteiger partial charge in [0.25, 0.3) is 5.91 Å². The number of allylic oxidation sites excluding steroid dienone is 1. The first-order chi connectivity index (χ1) is 13.3. The van der Waals surface area contributed by atoms with Crippen molar-refractivity contribution in [2.75, 3.05) is 10.3 Å². The fourth-order valence-corrected chi connectivity index (χ4v) is 2.93. The van der Waals surface area contributed by atoms with Gasteiger partial charge in [-0.2, -0.15) is 5.10 Å². The van der Waals surface area contributed by atoms with Crippen LogP contribution in [0.2, 0.25) is 0 Å². The predicted octanol–water partition coefficient (Wildman–Crippen LogP) is 4.93. The third kappa shape index (κ3) is 3.96. The van der Waals surface area contributed by atoms with E-state index in [0.29, 0.717) is 0 Å². The van der Waals surface area contributed by atoms with Crippen LogP contribution in [0.15, 0.2) is 102 Å². The molecule has 4 heteroatoms. The van der Waals surface area contributed by atoms with E-state index >= 15 is 0 Å². The van der Waals surface area contributed by atoms with Crippen LogP contribution in [0, 0.1) is 0 Å². The van der Waals surface area contributed by atoms with Crippen molar-refractivity contribution in [3.63, 3.8) is 0 Å². The summed E-state index contributed by atoms with van der Waals surface area (Å²) in [6.07, 6.45) is 2.28. The lowest BCUT2D eigenvalue weighted by molar-refractivity contribution is -0.116. The maximum absolute atomic E-state index is 12.6. The SMILES string of the molecule is O=C1CC(/C(=C\c2ccccc2)Nc2ccccc2)=NN1c1ccccc1. The van der Waals surface area contributed by atoms with Crippen LogP contribution in [0.1, 0.15) is 12.0 Å². The Morgan fingerprint density at radius 1 is 0.852 bits per heavy atom. The topological polar surface area (TPSA) is 44.7 Å². The summed E-state index contributed by atoms with van der Waals surface area (Å²) in [6, 6.07) is 29.4. The molecule has 1 heterocycles. The summed E-state index contributed by atoms with van der Waals surface area (Å²) in [6.45, 7) is 0. The molecule has 0 unspecified atom stereocenters. The molecule has 0 radical (unpaired) electrons. The van der Waals surface area contributed by atoms with E-state index in [-0.39, 0.29) is 12.3 Å². The molecule has 4 rings (SSSR count). The first-order valence-electron chi connectivity index (χ1n) is 8.84. The number of hydrogen-bond donors (Lipinski definition) is 1. The van der Waals surface area contributed by atoms with Gasteiger partial charge in [-0.05, 0) is 35.9 Å². The molecule has 0 spiro atoms. The Hall–Kier alpha value is -3.66. The van der Waals surface area contributed by atoms with Gasteiger partial charge in [0.1, 0.15) is 0 Å². The molecule has 1 aliphatic heterocycles. The van der Waals surface area contributed by atoms with E-state index in [1.807, 2.05) is 97.1 Å². The smallest absolute Gasteiger partial charge is 0.253 e. The minimum absolute atomic E-state index is 0.0370. The predicted molar refractivity (Wildman–Crippen MR) is 110 cm³/mol. The van der Waals surface area contributed by atoms with Crippen LogP contribution in [-0.2, 0) is 4.79 Å². The van der Waals surface area contributed by atoms with Crippen molar-refractivity contribution in [3.8, 4) is 0 Å². The Balaban J connectivity index is 1.70. The number of para-hydroxylation sites is 2. The number of nitrogens with zero attached hydrogens (tertiary/aromatic N) is 2. The number of amides is 1. The maximum Gasteiger partial charge on any atom is 0.253 e. The molecule has 0 bridgehead atoms. The molecule has 1 N–H and O–H groups in total. The van der Waals surface area contributed by atoms with Crippen molar-refractivity contribution in [1.29, 1.82) is 0 Å². The van der Waals surface area contributed by atoms with Crippen LogP contribution in [0.25, 0.3) is 6.08 Å². The Labute approximate surface area is 158 Å². The van der Waals surface area contributed by atoms with E-state index in [0.717, 1.165) is 28.3 Å². The highest BCUT2D eigenvalue weighted by molar-refractivity contribution is 6.21. The summed E-state index contributed by atoms with van der Waals surface area (Å²) in [5, 5.41) is 9.49. The Bertz CT molecular complexity index is 980. The van der Waals surface area contributed by atoms with Gasteiger partial charge in [-0.3, -0.25) is 4.79 Å². The van der Waals surface area contributed by atoms with E-state index in [9.17, 15) is 4.79 Å². The molecule has 3 aromatic rings. The molecule has 0 atom stereocenters. The molecule has 3 aromatic carbocycles. The van der Waals surface area contributed by atoms with Crippen molar-refractivity contribution in [1.82, 2.24) is 0 Å². The van der Waals surface area contributed by atoms with Crippen molar-refractivity contribution in [2.24, 2.45) is 5.10 Å². The summed E-state index contributed by atoms with van der Waals surface area (Å²) < 4.78 is 0. The average Bonchev–Trinajstić information content (AvgIpc) is 3.11. The first kappa shape index (κ1) is 16.8. The van der Waals surface area contributed by atoms with Gasteiger partial charge in [-0.1, -0.05) is 66.7 Å². The van der Waals surface area contributed by atoms with Crippen molar-refractivity contribution in [3.05, 3.63) is 102 Å². The standard InChI is InChI=1S/C23H19N3O/c27-23-17-22(25-26(23)20-14-8-3-9-15-20)21(16-18-10-4-1-5-11-18)24-19-12-6-2-7-13-19/h1-16,24H,17H2/b21-16+. The number of nitrogens with one attached hydrogen (secondary N) is 1. The summed E-state index contributed by atoms with van der Waals surface area (Å²) >= 11 is 0. The zero-order chi connectivity index (χ0) is 18.5. The maximum atomic E-state index is 12.6. The monoisotopic (exact) mass is 353 g/mol. The van der Waals surface area contributed by atoms with Crippen LogP contribution in [-0.4, -0.2) is 11.6 Å². The van der Waals surface area contributed by atoms with Crippen LogP contribution in [0.3, 0.4) is 0 Å². The third-order valence-electron chi connectivity index (χ3n) is 4.25. The zero-order valence-corrected chi connectivity index (χ0v) is 14.7. The van der Waals surface area contributed by atoms with Gasteiger partial charge in [0.2, 0.25) is 0 Å².